The third-order valence-corrected chi connectivity index (χ3v) is 2.09. The molecule has 6 heteroatoms. The van der Waals surface area contributed by atoms with E-state index >= 15 is 0 Å². The van der Waals surface area contributed by atoms with Crippen LogP contribution >= 0.6 is 0 Å². The van der Waals surface area contributed by atoms with Crippen LogP contribution in [0, 0.1) is 0 Å². The molecule has 0 bridgehead atoms. The molecule has 1 N–H and O–H groups in total. The standard InChI is InChI=1S/C11H13F2NO3/c1-16-10-6-8(4-5-14-7-15)2-3-9(10)17-11(12)13/h2-3,6-7,11H,4-5H2,1H3,(H,14,15). The number of benzene rings is 1. The van der Waals surface area contributed by atoms with Crippen molar-refractivity contribution in [1.29, 1.82) is 0 Å². The predicted octanol–water partition coefficient (Wildman–Crippen LogP) is 1.59. The molecule has 1 aromatic rings. The van der Waals surface area contributed by atoms with Crippen molar-refractivity contribution in [3.63, 3.8) is 0 Å². The minimum absolute atomic E-state index is 0.00500. The fourth-order valence-corrected chi connectivity index (χ4v) is 1.34. The van der Waals surface area contributed by atoms with E-state index in [0.29, 0.717) is 19.4 Å². The molecule has 0 aliphatic heterocycles. The van der Waals surface area contributed by atoms with Gasteiger partial charge in [0.2, 0.25) is 6.41 Å². The van der Waals surface area contributed by atoms with E-state index in [1.54, 1.807) is 12.1 Å². The first-order chi connectivity index (χ1) is 8.17. The Morgan fingerprint density at radius 1 is 1.41 bits per heavy atom. The van der Waals surface area contributed by atoms with Crippen LogP contribution in [0.2, 0.25) is 0 Å². The maximum Gasteiger partial charge on any atom is 0.387 e. The number of amides is 1. The summed E-state index contributed by atoms with van der Waals surface area (Å²) in [4.78, 5) is 10.1. The van der Waals surface area contributed by atoms with E-state index in [0.717, 1.165) is 5.56 Å². The Morgan fingerprint density at radius 3 is 2.76 bits per heavy atom. The minimum atomic E-state index is -2.88. The third kappa shape index (κ3) is 4.26. The van der Waals surface area contributed by atoms with Crippen LogP contribution in [0.15, 0.2) is 18.2 Å². The van der Waals surface area contributed by atoms with E-state index in [9.17, 15) is 13.6 Å². The topological polar surface area (TPSA) is 47.6 Å². The molecule has 1 aromatic carbocycles. The number of methoxy groups -OCH3 is 1. The van der Waals surface area contributed by atoms with Gasteiger partial charge in [0.1, 0.15) is 0 Å². The smallest absolute Gasteiger partial charge is 0.387 e. The van der Waals surface area contributed by atoms with Gasteiger partial charge in [-0.3, -0.25) is 4.79 Å². The van der Waals surface area contributed by atoms with E-state index in [4.69, 9.17) is 4.74 Å². The van der Waals surface area contributed by atoms with Crippen molar-refractivity contribution in [2.45, 2.75) is 13.0 Å². The lowest BCUT2D eigenvalue weighted by atomic mass is 10.1. The number of alkyl halides is 2. The molecular formula is C11H13F2NO3. The van der Waals surface area contributed by atoms with E-state index < -0.39 is 6.61 Å². The van der Waals surface area contributed by atoms with Crippen molar-refractivity contribution < 1.29 is 23.0 Å². The molecule has 0 aliphatic carbocycles. The van der Waals surface area contributed by atoms with Crippen molar-refractivity contribution >= 4 is 6.41 Å². The van der Waals surface area contributed by atoms with Crippen LogP contribution in [0.1, 0.15) is 5.56 Å². The van der Waals surface area contributed by atoms with Crippen LogP contribution in [-0.2, 0) is 11.2 Å². The molecule has 0 unspecified atom stereocenters. The highest BCUT2D eigenvalue weighted by molar-refractivity contribution is 5.46. The summed E-state index contributed by atoms with van der Waals surface area (Å²) in [6.07, 6.45) is 1.19. The average Bonchev–Trinajstić information content (AvgIpc) is 2.30. The number of carbonyl (C=O) groups is 1. The molecule has 0 spiro atoms. The van der Waals surface area contributed by atoms with Crippen molar-refractivity contribution in [3.8, 4) is 11.5 Å². The highest BCUT2D eigenvalue weighted by Crippen LogP contribution is 2.29. The normalized spacial score (nSPS) is 10.1. The Hall–Kier alpha value is -1.85. The number of nitrogens with one attached hydrogen (secondary N) is 1. The largest absolute Gasteiger partial charge is 0.493 e. The third-order valence-electron chi connectivity index (χ3n) is 2.09. The predicted molar refractivity (Wildman–Crippen MR) is 57.4 cm³/mol. The van der Waals surface area contributed by atoms with Crippen molar-refractivity contribution in [2.24, 2.45) is 0 Å². The number of rotatable bonds is 7. The van der Waals surface area contributed by atoms with Crippen molar-refractivity contribution in [1.82, 2.24) is 5.32 Å². The number of hydrogen-bond donors (Lipinski definition) is 1. The zero-order chi connectivity index (χ0) is 12.7. The average molecular weight is 245 g/mol. The second-order valence-electron chi connectivity index (χ2n) is 3.19. The van der Waals surface area contributed by atoms with Gasteiger partial charge >= 0.3 is 6.61 Å². The quantitative estimate of drug-likeness (QED) is 0.586. The van der Waals surface area contributed by atoms with E-state index in [1.165, 1.54) is 13.2 Å². The monoisotopic (exact) mass is 245 g/mol. The molecule has 0 heterocycles. The van der Waals surface area contributed by atoms with Gasteiger partial charge in [0, 0.05) is 6.54 Å². The molecule has 94 valence electrons. The lowest BCUT2D eigenvalue weighted by Gasteiger charge is -2.11. The molecular weight excluding hydrogens is 232 g/mol. The summed E-state index contributed by atoms with van der Waals surface area (Å²) in [5.74, 6) is 0.239. The molecule has 0 aromatic heterocycles. The van der Waals surface area contributed by atoms with E-state index in [2.05, 4.69) is 10.1 Å². The molecule has 17 heavy (non-hydrogen) atoms. The van der Waals surface area contributed by atoms with Gasteiger partial charge in [-0.25, -0.2) is 0 Å². The Labute approximate surface area is 97.5 Å². The van der Waals surface area contributed by atoms with Gasteiger partial charge in [0.25, 0.3) is 0 Å². The van der Waals surface area contributed by atoms with Crippen LogP contribution in [-0.4, -0.2) is 26.7 Å². The van der Waals surface area contributed by atoms with Crippen LogP contribution in [0.4, 0.5) is 8.78 Å². The van der Waals surface area contributed by atoms with E-state index in [1.807, 2.05) is 0 Å². The fourth-order valence-electron chi connectivity index (χ4n) is 1.34. The minimum Gasteiger partial charge on any atom is -0.493 e. The first-order valence-electron chi connectivity index (χ1n) is 4.96. The maximum atomic E-state index is 12.1. The van der Waals surface area contributed by atoms with Gasteiger partial charge in [-0.1, -0.05) is 6.07 Å². The molecule has 4 nitrogen and oxygen atoms in total. The maximum absolute atomic E-state index is 12.1. The first-order valence-corrected chi connectivity index (χ1v) is 4.96. The van der Waals surface area contributed by atoms with Gasteiger partial charge < -0.3 is 14.8 Å². The van der Waals surface area contributed by atoms with E-state index in [-0.39, 0.29) is 11.5 Å². The molecule has 1 amide bonds. The summed E-state index contributed by atoms with van der Waals surface area (Å²) < 4.78 is 33.4. The summed E-state index contributed by atoms with van der Waals surface area (Å²) in [7, 11) is 1.38. The zero-order valence-electron chi connectivity index (χ0n) is 9.28. The Bertz CT molecular complexity index is 372. The van der Waals surface area contributed by atoms with Gasteiger partial charge in [-0.05, 0) is 24.1 Å². The molecule has 0 aliphatic rings. The zero-order valence-corrected chi connectivity index (χ0v) is 9.28. The second-order valence-corrected chi connectivity index (χ2v) is 3.19. The fraction of sp³-hybridized carbons (Fsp3) is 0.364. The van der Waals surface area contributed by atoms with Gasteiger partial charge in [0.05, 0.1) is 7.11 Å². The Morgan fingerprint density at radius 2 is 2.18 bits per heavy atom. The second kappa shape index (κ2) is 6.67. The van der Waals surface area contributed by atoms with Crippen molar-refractivity contribution in [2.75, 3.05) is 13.7 Å². The van der Waals surface area contributed by atoms with Gasteiger partial charge in [-0.15, -0.1) is 0 Å². The summed E-state index contributed by atoms with van der Waals surface area (Å²) in [6.45, 7) is -2.41. The molecule has 0 fully saturated rings. The molecule has 0 radical (unpaired) electrons. The lowest BCUT2D eigenvalue weighted by molar-refractivity contribution is -0.109. The Kier molecular flexibility index (Phi) is 5.19. The highest BCUT2D eigenvalue weighted by Gasteiger charge is 2.10. The van der Waals surface area contributed by atoms with Crippen LogP contribution in [0.5, 0.6) is 11.5 Å². The van der Waals surface area contributed by atoms with Crippen molar-refractivity contribution in [3.05, 3.63) is 23.8 Å². The lowest BCUT2D eigenvalue weighted by Crippen LogP contribution is -2.14. The number of halogens is 2. The SMILES string of the molecule is COc1cc(CCNC=O)ccc1OC(F)F. The summed E-state index contributed by atoms with van der Waals surface area (Å²) in [6, 6.07) is 4.66. The van der Waals surface area contributed by atoms with Crippen LogP contribution in [0.3, 0.4) is 0 Å². The van der Waals surface area contributed by atoms with Crippen LogP contribution < -0.4 is 14.8 Å². The van der Waals surface area contributed by atoms with Gasteiger partial charge in [0.15, 0.2) is 11.5 Å². The summed E-state index contributed by atoms with van der Waals surface area (Å²) in [5, 5.41) is 2.51. The number of ether oxygens (including phenoxy) is 2. The molecule has 0 saturated heterocycles. The Balaban J connectivity index is 2.73. The molecule has 0 atom stereocenters. The number of carbonyl (C=O) groups excluding carboxylic acids is 1. The first kappa shape index (κ1) is 13.2. The summed E-state index contributed by atoms with van der Waals surface area (Å²) in [5.41, 5.74) is 0.859. The van der Waals surface area contributed by atoms with Gasteiger partial charge in [-0.2, -0.15) is 8.78 Å². The summed E-state index contributed by atoms with van der Waals surface area (Å²) >= 11 is 0. The molecule has 0 saturated carbocycles. The highest BCUT2D eigenvalue weighted by atomic mass is 19.3. The van der Waals surface area contributed by atoms with Crippen LogP contribution in [0.25, 0.3) is 0 Å². The molecule has 1 rings (SSSR count). The number of hydrogen-bond acceptors (Lipinski definition) is 3.